The number of aliphatic hydroxyl groups excluding tert-OH is 1. The lowest BCUT2D eigenvalue weighted by atomic mass is 9.85. The summed E-state index contributed by atoms with van der Waals surface area (Å²) in [5.74, 6) is -0.595. The van der Waals surface area contributed by atoms with E-state index in [1.807, 2.05) is 24.3 Å². The Bertz CT molecular complexity index is 2280. The number of carbonyl (C=O) groups excluding carboxylic acids is 5. The lowest BCUT2D eigenvalue weighted by Gasteiger charge is -2.31. The first-order valence-electron chi connectivity index (χ1n) is 20.9. The van der Waals surface area contributed by atoms with E-state index in [1.165, 1.54) is 0 Å². The molecule has 0 radical (unpaired) electrons. The van der Waals surface area contributed by atoms with E-state index >= 15 is 0 Å². The number of ether oxygens (including phenoxy) is 2. The van der Waals surface area contributed by atoms with Crippen LogP contribution >= 0.6 is 0 Å². The predicted molar refractivity (Wildman–Crippen MR) is 224 cm³/mol. The van der Waals surface area contributed by atoms with E-state index in [0.717, 1.165) is 34.3 Å². The van der Waals surface area contributed by atoms with Crippen LogP contribution < -0.4 is 31.9 Å². The molecule has 2 atom stereocenters. The molecular weight excluding hydrogens is 785 g/mol. The van der Waals surface area contributed by atoms with Gasteiger partial charge in [0.1, 0.15) is 17.7 Å². The van der Waals surface area contributed by atoms with Gasteiger partial charge in [0.2, 0.25) is 17.7 Å². The Balaban J connectivity index is 0.700. The third kappa shape index (κ3) is 10.0. The first-order valence-corrected chi connectivity index (χ1v) is 20.9. The van der Waals surface area contributed by atoms with E-state index in [4.69, 9.17) is 9.47 Å². The minimum absolute atomic E-state index is 0.0184. The highest BCUT2D eigenvalue weighted by Gasteiger charge is 2.45. The number of imide groups is 1. The fourth-order valence-electron chi connectivity index (χ4n) is 7.99. The molecule has 2 unspecified atom stereocenters. The van der Waals surface area contributed by atoms with Gasteiger partial charge in [-0.2, -0.15) is 0 Å². The number of anilines is 4. The van der Waals surface area contributed by atoms with Gasteiger partial charge < -0.3 is 41.2 Å². The van der Waals surface area contributed by atoms with Crippen molar-refractivity contribution < 1.29 is 38.6 Å². The first-order chi connectivity index (χ1) is 29.7. The molecule has 3 aromatic heterocycles. The Morgan fingerprint density at radius 3 is 2.43 bits per heavy atom. The van der Waals surface area contributed by atoms with Crippen LogP contribution in [0, 0.1) is 5.92 Å². The molecule has 1 saturated heterocycles. The number of hydrogen-bond donors (Lipinski definition) is 7. The van der Waals surface area contributed by atoms with Crippen LogP contribution in [0.4, 0.5) is 23.0 Å². The molecule has 18 heteroatoms. The van der Waals surface area contributed by atoms with Crippen LogP contribution in [0.1, 0.15) is 83.9 Å². The second-order valence-corrected chi connectivity index (χ2v) is 15.7. The molecule has 320 valence electrons. The normalized spacial score (nSPS) is 21.1. The summed E-state index contributed by atoms with van der Waals surface area (Å²) in [6, 6.07) is 11.9. The molecule has 61 heavy (non-hydrogen) atoms. The fourth-order valence-corrected chi connectivity index (χ4v) is 7.99. The number of nitrogens with zero attached hydrogens (tertiary/aromatic N) is 4. The van der Waals surface area contributed by atoms with Gasteiger partial charge in [-0.25, -0.2) is 9.97 Å². The molecule has 7 N–H and O–H groups in total. The molecule has 2 aliphatic heterocycles. The number of rotatable bonds is 18. The zero-order valence-electron chi connectivity index (χ0n) is 33.7. The highest BCUT2D eigenvalue weighted by atomic mass is 16.5. The standard InChI is InChI=1S/C43H50N10O8/c54-37-13-11-34(41(57)52-37)53-42(58)29-2-1-3-32(38(29)43(53)59)45-16-18-60-20-21-61-19-17-46-39(55)25-4-7-28(8-5-25)49-40(56)30-24-47-36(22-33(30)48-27-9-10-27)51-35-12-6-26-23-44-15-14-31(26)50-35/h1-3,6,12,14-15,22-25,27-28,34,42,45,58H,4-5,7-11,13,16-21H2,(H,46,55)(H,49,56)(H,52,54,57)(H2,47,48,50,51). The van der Waals surface area contributed by atoms with Gasteiger partial charge in [-0.05, 0) is 69.2 Å². The molecule has 0 bridgehead atoms. The summed E-state index contributed by atoms with van der Waals surface area (Å²) in [7, 11) is 0. The summed E-state index contributed by atoms with van der Waals surface area (Å²) in [4.78, 5) is 78.1. The van der Waals surface area contributed by atoms with Crippen molar-refractivity contribution in [1.29, 1.82) is 0 Å². The minimum atomic E-state index is -1.29. The van der Waals surface area contributed by atoms with E-state index in [-0.39, 0.29) is 36.6 Å². The third-order valence-corrected chi connectivity index (χ3v) is 11.4. The van der Waals surface area contributed by atoms with E-state index in [2.05, 4.69) is 46.9 Å². The van der Waals surface area contributed by atoms with Gasteiger partial charge >= 0.3 is 0 Å². The molecule has 2 aliphatic carbocycles. The molecule has 3 fully saturated rings. The van der Waals surface area contributed by atoms with Crippen molar-refractivity contribution in [1.82, 2.24) is 35.8 Å². The number of amides is 5. The smallest absolute Gasteiger partial charge is 0.259 e. The summed E-state index contributed by atoms with van der Waals surface area (Å²) >= 11 is 0. The molecule has 18 nitrogen and oxygen atoms in total. The molecule has 8 rings (SSSR count). The van der Waals surface area contributed by atoms with Gasteiger partial charge in [0.15, 0.2) is 6.23 Å². The number of aliphatic hydroxyl groups is 1. The number of hydrogen-bond acceptors (Lipinski definition) is 14. The Hall–Kier alpha value is -6.24. The first kappa shape index (κ1) is 41.5. The van der Waals surface area contributed by atoms with Crippen molar-refractivity contribution >= 4 is 63.4 Å². The average Bonchev–Trinajstić information content (AvgIpc) is 4.05. The van der Waals surface area contributed by atoms with Gasteiger partial charge in [0.25, 0.3) is 11.8 Å². The Kier molecular flexibility index (Phi) is 12.9. The largest absolute Gasteiger partial charge is 0.382 e. The van der Waals surface area contributed by atoms with Crippen LogP contribution in [0.3, 0.4) is 0 Å². The average molecular weight is 835 g/mol. The van der Waals surface area contributed by atoms with Crippen LogP contribution in [0.25, 0.3) is 10.9 Å². The molecule has 5 amide bonds. The Labute approximate surface area is 352 Å². The van der Waals surface area contributed by atoms with Crippen LogP contribution in [-0.2, 0) is 23.9 Å². The van der Waals surface area contributed by atoms with Crippen molar-refractivity contribution in [3.05, 3.63) is 77.7 Å². The number of piperidine rings is 1. The van der Waals surface area contributed by atoms with Gasteiger partial charge in [-0.15, -0.1) is 0 Å². The molecular formula is C43H50N10O8. The maximum atomic E-state index is 13.5. The number of carbonyl (C=O) groups is 5. The van der Waals surface area contributed by atoms with Gasteiger partial charge in [-0.3, -0.25) is 39.2 Å². The van der Waals surface area contributed by atoms with Crippen LogP contribution in [0.2, 0.25) is 0 Å². The van der Waals surface area contributed by atoms with E-state index in [0.29, 0.717) is 105 Å². The summed E-state index contributed by atoms with van der Waals surface area (Å²) in [5, 5.41) is 30.1. The van der Waals surface area contributed by atoms with Crippen LogP contribution in [0.15, 0.2) is 61.1 Å². The second kappa shape index (κ2) is 19.0. The summed E-state index contributed by atoms with van der Waals surface area (Å²) in [6.07, 6.45) is 8.83. The summed E-state index contributed by atoms with van der Waals surface area (Å²) < 4.78 is 11.3. The van der Waals surface area contributed by atoms with Crippen molar-refractivity contribution in [3.8, 4) is 0 Å². The molecule has 1 aromatic carbocycles. The monoisotopic (exact) mass is 834 g/mol. The molecule has 0 spiro atoms. The number of fused-ring (bicyclic) bond motifs is 2. The predicted octanol–water partition coefficient (Wildman–Crippen LogP) is 3.14. The molecule has 5 heterocycles. The van der Waals surface area contributed by atoms with E-state index < -0.39 is 30.0 Å². The van der Waals surface area contributed by atoms with E-state index in [9.17, 15) is 29.1 Å². The SMILES string of the molecule is O=C1CCC(N2C(=O)c3c(NCCOCCOCCNC(=O)C4CCC(NC(=O)c5cnc(Nc6ccc7cnccc7n6)cc5NC5CC5)CC4)cccc3C2O)C(=O)N1. The highest BCUT2D eigenvalue weighted by molar-refractivity contribution is 6.08. The van der Waals surface area contributed by atoms with Crippen LogP contribution in [0.5, 0.6) is 0 Å². The fraction of sp³-hybridized carbons (Fsp3) is 0.442. The quantitative estimate of drug-likeness (QED) is 0.0564. The summed E-state index contributed by atoms with van der Waals surface area (Å²) in [6.45, 7) is 2.07. The van der Waals surface area contributed by atoms with Gasteiger partial charge in [-0.1, -0.05) is 12.1 Å². The molecule has 4 aromatic rings. The maximum absolute atomic E-state index is 13.5. The van der Waals surface area contributed by atoms with Gasteiger partial charge in [0, 0.05) is 78.8 Å². The Morgan fingerprint density at radius 1 is 0.852 bits per heavy atom. The lowest BCUT2D eigenvalue weighted by molar-refractivity contribution is -0.139. The Morgan fingerprint density at radius 2 is 1.64 bits per heavy atom. The number of aromatic nitrogens is 3. The topological polar surface area (TPSA) is 238 Å². The van der Waals surface area contributed by atoms with Crippen molar-refractivity contribution in [2.45, 2.75) is 75.7 Å². The molecule has 2 saturated carbocycles. The maximum Gasteiger partial charge on any atom is 0.259 e. The minimum Gasteiger partial charge on any atom is -0.382 e. The van der Waals surface area contributed by atoms with E-state index in [1.54, 1.807) is 36.8 Å². The molecule has 4 aliphatic rings. The number of nitrogens with one attached hydrogen (secondary N) is 6. The zero-order chi connectivity index (χ0) is 42.3. The third-order valence-electron chi connectivity index (χ3n) is 11.4. The summed E-state index contributed by atoms with van der Waals surface area (Å²) in [5.41, 5.74) is 3.22. The number of benzene rings is 1. The number of pyridine rings is 3. The second-order valence-electron chi connectivity index (χ2n) is 15.7. The van der Waals surface area contributed by atoms with Crippen LogP contribution in [-0.4, -0.2) is 112 Å². The van der Waals surface area contributed by atoms with Crippen molar-refractivity contribution in [2.75, 3.05) is 55.5 Å². The zero-order valence-corrected chi connectivity index (χ0v) is 33.7. The van der Waals surface area contributed by atoms with Crippen molar-refractivity contribution in [3.63, 3.8) is 0 Å². The highest BCUT2D eigenvalue weighted by Crippen LogP contribution is 2.39. The lowest BCUT2D eigenvalue weighted by Crippen LogP contribution is -2.53. The van der Waals surface area contributed by atoms with Crippen molar-refractivity contribution in [2.24, 2.45) is 5.92 Å². The van der Waals surface area contributed by atoms with Gasteiger partial charge in [0.05, 0.1) is 48.8 Å².